The van der Waals surface area contributed by atoms with Crippen LogP contribution in [0.1, 0.15) is 29.6 Å². The molecule has 2 aromatic carbocycles. The minimum atomic E-state index is -0.823. The number of nitrogens with zero attached hydrogens (tertiary/aromatic N) is 3. The van der Waals surface area contributed by atoms with Crippen molar-refractivity contribution in [3.8, 4) is 5.75 Å². The Labute approximate surface area is 186 Å². The van der Waals surface area contributed by atoms with Crippen LogP contribution in [0.2, 0.25) is 0 Å². The van der Waals surface area contributed by atoms with Crippen LogP contribution in [-0.2, 0) is 4.79 Å². The molecule has 0 atom stereocenters. The highest BCUT2D eigenvalue weighted by Gasteiger charge is 2.29. The molecule has 2 aromatic rings. The fourth-order valence-electron chi connectivity index (χ4n) is 4.19. The van der Waals surface area contributed by atoms with Gasteiger partial charge >= 0.3 is 0 Å². The van der Waals surface area contributed by atoms with Crippen molar-refractivity contribution >= 4 is 17.5 Å². The molecule has 0 spiro atoms. The van der Waals surface area contributed by atoms with Crippen molar-refractivity contribution < 1.29 is 23.1 Å². The zero-order valence-electron chi connectivity index (χ0n) is 17.9. The van der Waals surface area contributed by atoms with Gasteiger partial charge in [-0.1, -0.05) is 0 Å². The standard InChI is InChI=1S/C24H27F2N3O3/c25-19-14-18(15-20(26)16-19)24(31)28-11-12-29(23(30)17-28)21-4-6-22(7-5-21)32-13-3-10-27-8-1-2-9-27/h4-7,14-16H,1-3,8-13,17H2. The van der Waals surface area contributed by atoms with Gasteiger partial charge in [-0.2, -0.15) is 0 Å². The summed E-state index contributed by atoms with van der Waals surface area (Å²) in [6, 6.07) is 10.00. The lowest BCUT2D eigenvalue weighted by atomic mass is 10.1. The van der Waals surface area contributed by atoms with E-state index in [0.29, 0.717) is 19.2 Å². The van der Waals surface area contributed by atoms with E-state index in [2.05, 4.69) is 4.90 Å². The maximum absolute atomic E-state index is 13.4. The number of benzene rings is 2. The number of rotatable bonds is 7. The van der Waals surface area contributed by atoms with E-state index in [-0.39, 0.29) is 24.6 Å². The van der Waals surface area contributed by atoms with Crippen LogP contribution in [0.15, 0.2) is 42.5 Å². The summed E-state index contributed by atoms with van der Waals surface area (Å²) in [5.41, 5.74) is 0.623. The SMILES string of the molecule is O=C(c1cc(F)cc(F)c1)N1CCN(c2ccc(OCCCN3CCCC3)cc2)C(=O)C1. The Hall–Kier alpha value is -3.00. The van der Waals surface area contributed by atoms with Crippen molar-refractivity contribution in [3.63, 3.8) is 0 Å². The van der Waals surface area contributed by atoms with Crippen molar-refractivity contribution in [3.05, 3.63) is 59.7 Å². The third kappa shape index (κ3) is 5.43. The Morgan fingerprint density at radius 1 is 0.938 bits per heavy atom. The third-order valence-electron chi connectivity index (χ3n) is 5.85. The fourth-order valence-corrected chi connectivity index (χ4v) is 4.19. The molecule has 2 aliphatic rings. The van der Waals surface area contributed by atoms with Crippen LogP contribution in [0, 0.1) is 11.6 Å². The van der Waals surface area contributed by atoms with Crippen molar-refractivity contribution in [1.29, 1.82) is 0 Å². The Bertz CT molecular complexity index is 941. The topological polar surface area (TPSA) is 53.1 Å². The summed E-state index contributed by atoms with van der Waals surface area (Å²) >= 11 is 0. The Balaban J connectivity index is 1.28. The van der Waals surface area contributed by atoms with Crippen LogP contribution in [0.25, 0.3) is 0 Å². The Morgan fingerprint density at radius 3 is 2.28 bits per heavy atom. The molecule has 0 aromatic heterocycles. The van der Waals surface area contributed by atoms with Crippen molar-refractivity contribution in [2.45, 2.75) is 19.3 Å². The number of hydrogen-bond donors (Lipinski definition) is 0. The number of amides is 2. The van der Waals surface area contributed by atoms with Gasteiger partial charge in [-0.3, -0.25) is 9.59 Å². The summed E-state index contributed by atoms with van der Waals surface area (Å²) in [6.07, 6.45) is 3.55. The van der Waals surface area contributed by atoms with Gasteiger partial charge in [0, 0.05) is 37.0 Å². The van der Waals surface area contributed by atoms with Crippen LogP contribution >= 0.6 is 0 Å². The molecular weight excluding hydrogens is 416 g/mol. The largest absolute Gasteiger partial charge is 0.494 e. The van der Waals surface area contributed by atoms with E-state index < -0.39 is 17.5 Å². The van der Waals surface area contributed by atoms with E-state index in [1.807, 2.05) is 24.3 Å². The van der Waals surface area contributed by atoms with Gasteiger partial charge < -0.3 is 19.4 Å². The predicted octanol–water partition coefficient (Wildman–Crippen LogP) is 3.32. The normalized spacial score (nSPS) is 17.1. The number of likely N-dealkylation sites (tertiary alicyclic amines) is 1. The lowest BCUT2D eigenvalue weighted by molar-refractivity contribution is -0.120. The second-order valence-corrected chi connectivity index (χ2v) is 8.17. The van der Waals surface area contributed by atoms with E-state index in [1.54, 1.807) is 4.90 Å². The van der Waals surface area contributed by atoms with Crippen molar-refractivity contribution in [1.82, 2.24) is 9.80 Å². The molecule has 2 heterocycles. The van der Waals surface area contributed by atoms with E-state index >= 15 is 0 Å². The first-order chi connectivity index (χ1) is 15.5. The summed E-state index contributed by atoms with van der Waals surface area (Å²) in [6.45, 7) is 4.50. The average molecular weight is 443 g/mol. The smallest absolute Gasteiger partial charge is 0.254 e. The first kappa shape index (κ1) is 22.2. The van der Waals surface area contributed by atoms with Gasteiger partial charge in [0.25, 0.3) is 5.91 Å². The molecular formula is C24H27F2N3O3. The maximum Gasteiger partial charge on any atom is 0.254 e. The van der Waals surface area contributed by atoms with Crippen molar-refractivity contribution in [2.75, 3.05) is 50.8 Å². The molecule has 8 heteroatoms. The number of halogens is 2. The molecule has 2 amide bonds. The van der Waals surface area contributed by atoms with Crippen molar-refractivity contribution in [2.24, 2.45) is 0 Å². The maximum atomic E-state index is 13.4. The minimum Gasteiger partial charge on any atom is -0.494 e. The zero-order chi connectivity index (χ0) is 22.5. The quantitative estimate of drug-likeness (QED) is 0.616. The molecule has 170 valence electrons. The van der Waals surface area contributed by atoms with Gasteiger partial charge in [-0.05, 0) is 68.8 Å². The summed E-state index contributed by atoms with van der Waals surface area (Å²) in [5, 5.41) is 0. The highest BCUT2D eigenvalue weighted by atomic mass is 19.1. The third-order valence-corrected chi connectivity index (χ3v) is 5.85. The van der Waals surface area contributed by atoms with E-state index in [9.17, 15) is 18.4 Å². The average Bonchev–Trinajstić information content (AvgIpc) is 3.30. The highest BCUT2D eigenvalue weighted by Crippen LogP contribution is 2.22. The zero-order valence-corrected chi connectivity index (χ0v) is 17.9. The molecule has 2 aliphatic heterocycles. The summed E-state index contributed by atoms with van der Waals surface area (Å²) in [7, 11) is 0. The Morgan fingerprint density at radius 2 is 1.62 bits per heavy atom. The summed E-state index contributed by atoms with van der Waals surface area (Å²) < 4.78 is 32.6. The predicted molar refractivity (Wildman–Crippen MR) is 117 cm³/mol. The molecule has 2 fully saturated rings. The fraction of sp³-hybridized carbons (Fsp3) is 0.417. The Kier molecular flexibility index (Phi) is 6.99. The number of ether oxygens (including phenoxy) is 1. The van der Waals surface area contributed by atoms with Crippen LogP contribution in [0.4, 0.5) is 14.5 Å². The van der Waals surface area contributed by atoms with Gasteiger partial charge in [0.1, 0.15) is 23.9 Å². The molecule has 0 radical (unpaired) electrons. The monoisotopic (exact) mass is 443 g/mol. The minimum absolute atomic E-state index is 0.102. The van der Waals surface area contributed by atoms with Gasteiger partial charge in [-0.25, -0.2) is 8.78 Å². The molecule has 0 aliphatic carbocycles. The lowest BCUT2D eigenvalue weighted by Gasteiger charge is -2.34. The van der Waals surface area contributed by atoms with E-state index in [0.717, 1.165) is 36.5 Å². The van der Waals surface area contributed by atoms with Gasteiger partial charge in [-0.15, -0.1) is 0 Å². The molecule has 0 bridgehead atoms. The number of hydrogen-bond acceptors (Lipinski definition) is 4. The number of carbonyl (C=O) groups excluding carboxylic acids is 2. The summed E-state index contributed by atoms with van der Waals surface area (Å²) in [5.74, 6) is -1.70. The number of carbonyl (C=O) groups is 2. The van der Waals surface area contributed by atoms with Gasteiger partial charge in [0.15, 0.2) is 0 Å². The number of piperazine rings is 1. The number of anilines is 1. The first-order valence-electron chi connectivity index (χ1n) is 11.0. The molecule has 4 rings (SSSR count). The molecule has 0 N–H and O–H groups in total. The van der Waals surface area contributed by atoms with Crippen LogP contribution < -0.4 is 9.64 Å². The molecule has 0 saturated carbocycles. The second kappa shape index (κ2) is 10.1. The van der Waals surface area contributed by atoms with E-state index in [1.165, 1.54) is 30.8 Å². The summed E-state index contributed by atoms with van der Waals surface area (Å²) in [4.78, 5) is 30.6. The lowest BCUT2D eigenvalue weighted by Crippen LogP contribution is -2.52. The molecule has 32 heavy (non-hydrogen) atoms. The van der Waals surface area contributed by atoms with E-state index in [4.69, 9.17) is 4.74 Å². The van der Waals surface area contributed by atoms with Gasteiger partial charge in [0.2, 0.25) is 5.91 Å². The highest BCUT2D eigenvalue weighted by molar-refractivity contribution is 6.01. The van der Waals surface area contributed by atoms with Crippen LogP contribution in [-0.4, -0.2) is 67.5 Å². The first-order valence-corrected chi connectivity index (χ1v) is 11.0. The molecule has 0 unspecified atom stereocenters. The van der Waals surface area contributed by atoms with Crippen LogP contribution in [0.5, 0.6) is 5.75 Å². The van der Waals surface area contributed by atoms with Gasteiger partial charge in [0.05, 0.1) is 6.61 Å². The molecule has 2 saturated heterocycles. The second-order valence-electron chi connectivity index (χ2n) is 8.17. The van der Waals surface area contributed by atoms with Crippen LogP contribution in [0.3, 0.4) is 0 Å². The molecule has 6 nitrogen and oxygen atoms in total.